The van der Waals surface area contributed by atoms with Gasteiger partial charge in [0, 0.05) is 6.07 Å². The summed E-state index contributed by atoms with van der Waals surface area (Å²) in [5, 5.41) is 7.08. The number of hydrogen-bond acceptors (Lipinski definition) is 2. The molecule has 0 aliphatic heterocycles. The lowest BCUT2D eigenvalue weighted by Crippen LogP contribution is -2.21. The van der Waals surface area contributed by atoms with E-state index in [4.69, 9.17) is 11.5 Å². The molecule has 12 heavy (non-hydrogen) atoms. The second kappa shape index (κ2) is 4.07. The van der Waals surface area contributed by atoms with E-state index in [9.17, 15) is 0 Å². The van der Waals surface area contributed by atoms with E-state index in [1.54, 1.807) is 18.6 Å². The molecule has 0 unspecified atom stereocenters. The van der Waals surface area contributed by atoms with Crippen LogP contribution in [0.1, 0.15) is 5.56 Å². The SMILES string of the molecule is NC(N)=N/N=C/c1ccc[nH+]c1. The van der Waals surface area contributed by atoms with E-state index in [-0.39, 0.29) is 5.96 Å². The van der Waals surface area contributed by atoms with Crippen molar-refractivity contribution in [2.24, 2.45) is 21.7 Å². The number of aromatic nitrogens is 1. The highest BCUT2D eigenvalue weighted by atomic mass is 15.3. The Morgan fingerprint density at radius 1 is 1.50 bits per heavy atom. The molecule has 0 atom stereocenters. The lowest BCUT2D eigenvalue weighted by molar-refractivity contribution is -0.378. The van der Waals surface area contributed by atoms with Crippen molar-refractivity contribution in [2.45, 2.75) is 0 Å². The summed E-state index contributed by atoms with van der Waals surface area (Å²) in [5.74, 6) is -0.0499. The third kappa shape index (κ3) is 2.78. The molecule has 5 N–H and O–H groups in total. The van der Waals surface area contributed by atoms with Gasteiger partial charge in [-0.1, -0.05) is 0 Å². The van der Waals surface area contributed by atoms with Crippen LogP contribution in [0.2, 0.25) is 0 Å². The summed E-state index contributed by atoms with van der Waals surface area (Å²) in [6, 6.07) is 3.74. The Balaban J connectivity index is 2.64. The van der Waals surface area contributed by atoms with E-state index < -0.39 is 0 Å². The Bertz CT molecular complexity index is 286. The molecule has 0 spiro atoms. The van der Waals surface area contributed by atoms with Crippen molar-refractivity contribution in [3.05, 3.63) is 30.1 Å². The number of rotatable bonds is 2. The Labute approximate surface area is 69.8 Å². The van der Waals surface area contributed by atoms with Crippen molar-refractivity contribution < 1.29 is 4.98 Å². The molecule has 1 rings (SSSR count). The molecule has 0 saturated carbocycles. The first kappa shape index (κ1) is 8.19. The molecule has 0 aliphatic carbocycles. The monoisotopic (exact) mass is 164 g/mol. The van der Waals surface area contributed by atoms with E-state index in [1.165, 1.54) is 0 Å². The second-order valence-corrected chi connectivity index (χ2v) is 2.11. The number of guanidine groups is 1. The van der Waals surface area contributed by atoms with Crippen LogP contribution in [0.5, 0.6) is 0 Å². The van der Waals surface area contributed by atoms with Crippen molar-refractivity contribution in [3.63, 3.8) is 0 Å². The van der Waals surface area contributed by atoms with E-state index in [0.717, 1.165) is 5.56 Å². The van der Waals surface area contributed by atoms with Crippen LogP contribution in [0.15, 0.2) is 34.7 Å². The van der Waals surface area contributed by atoms with E-state index in [0.29, 0.717) is 0 Å². The summed E-state index contributed by atoms with van der Waals surface area (Å²) in [4.78, 5) is 2.90. The van der Waals surface area contributed by atoms with Gasteiger partial charge in [0.25, 0.3) is 0 Å². The number of H-pyrrole nitrogens is 1. The predicted molar refractivity (Wildman–Crippen MR) is 46.4 cm³/mol. The number of nitrogens with one attached hydrogen (secondary N) is 1. The van der Waals surface area contributed by atoms with Crippen molar-refractivity contribution in [3.8, 4) is 0 Å². The first-order valence-corrected chi connectivity index (χ1v) is 3.37. The Morgan fingerprint density at radius 2 is 2.33 bits per heavy atom. The van der Waals surface area contributed by atoms with Crippen LogP contribution >= 0.6 is 0 Å². The van der Waals surface area contributed by atoms with Gasteiger partial charge in [0.05, 0.1) is 11.8 Å². The fraction of sp³-hybridized carbons (Fsp3) is 0. The van der Waals surface area contributed by atoms with Crippen LogP contribution in [0.4, 0.5) is 0 Å². The van der Waals surface area contributed by atoms with Gasteiger partial charge in [0.2, 0.25) is 5.96 Å². The molecule has 0 aliphatic rings. The fourth-order valence-corrected chi connectivity index (χ4v) is 0.650. The van der Waals surface area contributed by atoms with Crippen LogP contribution in [-0.4, -0.2) is 12.2 Å². The molecule has 0 radical (unpaired) electrons. The molecule has 1 aromatic heterocycles. The van der Waals surface area contributed by atoms with Crippen molar-refractivity contribution >= 4 is 12.2 Å². The summed E-state index contributed by atoms with van der Waals surface area (Å²) in [6.07, 6.45) is 5.14. The highest BCUT2D eigenvalue weighted by Gasteiger charge is 1.87. The van der Waals surface area contributed by atoms with Crippen LogP contribution in [-0.2, 0) is 0 Å². The number of hydrogen-bond donors (Lipinski definition) is 2. The van der Waals surface area contributed by atoms with Crippen LogP contribution < -0.4 is 16.5 Å². The van der Waals surface area contributed by atoms with Crippen molar-refractivity contribution in [1.82, 2.24) is 0 Å². The normalized spacial score (nSPS) is 10.0. The largest absolute Gasteiger partial charge is 0.369 e. The molecule has 5 nitrogen and oxygen atoms in total. The summed E-state index contributed by atoms with van der Waals surface area (Å²) in [5.41, 5.74) is 11.0. The fourth-order valence-electron chi connectivity index (χ4n) is 0.650. The Kier molecular flexibility index (Phi) is 2.78. The molecule has 0 fully saturated rings. The third-order valence-corrected chi connectivity index (χ3v) is 1.11. The standard InChI is InChI=1S/C7H9N5/c8-7(9)12-11-5-6-2-1-3-10-4-6/h1-5H,(H4,8,9,12)/p+1/b11-5+. The zero-order chi connectivity index (χ0) is 8.81. The Morgan fingerprint density at radius 3 is 2.92 bits per heavy atom. The third-order valence-electron chi connectivity index (χ3n) is 1.11. The first-order chi connectivity index (χ1) is 5.79. The predicted octanol–water partition coefficient (Wildman–Crippen LogP) is -0.892. The minimum Gasteiger partial charge on any atom is -0.369 e. The molecule has 0 amide bonds. The highest BCUT2D eigenvalue weighted by Crippen LogP contribution is 1.87. The maximum Gasteiger partial charge on any atom is 0.211 e. The molecule has 62 valence electrons. The molecule has 0 bridgehead atoms. The first-order valence-electron chi connectivity index (χ1n) is 3.37. The molecule has 1 heterocycles. The van der Waals surface area contributed by atoms with Gasteiger partial charge in [0.15, 0.2) is 12.4 Å². The van der Waals surface area contributed by atoms with E-state index >= 15 is 0 Å². The second-order valence-electron chi connectivity index (χ2n) is 2.11. The van der Waals surface area contributed by atoms with Gasteiger partial charge in [-0.05, 0) is 6.07 Å². The molecule has 0 aromatic carbocycles. The molecular weight excluding hydrogens is 154 g/mol. The van der Waals surface area contributed by atoms with Crippen LogP contribution in [0.3, 0.4) is 0 Å². The van der Waals surface area contributed by atoms with E-state index in [1.807, 2.05) is 12.1 Å². The quantitative estimate of drug-likeness (QED) is 0.337. The summed E-state index contributed by atoms with van der Waals surface area (Å²) < 4.78 is 0. The molecular formula is C7H10N5+. The summed E-state index contributed by atoms with van der Waals surface area (Å²) >= 11 is 0. The number of pyridine rings is 1. The lowest BCUT2D eigenvalue weighted by Gasteiger charge is -1.84. The average Bonchev–Trinajstić information content (AvgIpc) is 2.05. The minimum atomic E-state index is -0.0499. The van der Waals surface area contributed by atoms with Crippen LogP contribution in [0, 0.1) is 0 Å². The van der Waals surface area contributed by atoms with Gasteiger partial charge >= 0.3 is 0 Å². The smallest absolute Gasteiger partial charge is 0.211 e. The van der Waals surface area contributed by atoms with Gasteiger partial charge in [-0.3, -0.25) is 0 Å². The molecule has 1 aromatic rings. The van der Waals surface area contributed by atoms with Gasteiger partial charge in [-0.15, -0.1) is 5.10 Å². The topological polar surface area (TPSA) is 90.9 Å². The summed E-state index contributed by atoms with van der Waals surface area (Å²) in [7, 11) is 0. The lowest BCUT2D eigenvalue weighted by atomic mass is 10.3. The maximum atomic E-state index is 5.06. The minimum absolute atomic E-state index is 0.0499. The summed E-state index contributed by atoms with van der Waals surface area (Å²) in [6.45, 7) is 0. The number of aromatic amines is 1. The average molecular weight is 164 g/mol. The van der Waals surface area contributed by atoms with Gasteiger partial charge in [-0.2, -0.15) is 5.10 Å². The maximum absolute atomic E-state index is 5.06. The van der Waals surface area contributed by atoms with Gasteiger partial charge in [-0.25, -0.2) is 4.98 Å². The Hall–Kier alpha value is -1.91. The zero-order valence-corrected chi connectivity index (χ0v) is 6.44. The number of nitrogens with two attached hydrogens (primary N) is 2. The van der Waals surface area contributed by atoms with Crippen molar-refractivity contribution in [1.29, 1.82) is 0 Å². The van der Waals surface area contributed by atoms with Crippen LogP contribution in [0.25, 0.3) is 0 Å². The van der Waals surface area contributed by atoms with E-state index in [2.05, 4.69) is 15.2 Å². The molecule has 5 heteroatoms. The highest BCUT2D eigenvalue weighted by molar-refractivity contribution is 5.80. The van der Waals surface area contributed by atoms with Crippen molar-refractivity contribution in [2.75, 3.05) is 0 Å². The van der Waals surface area contributed by atoms with Gasteiger partial charge in [0.1, 0.15) is 0 Å². The number of nitrogens with zero attached hydrogens (tertiary/aromatic N) is 2. The molecule has 0 saturated heterocycles. The zero-order valence-electron chi connectivity index (χ0n) is 6.44. The van der Waals surface area contributed by atoms with Gasteiger partial charge < -0.3 is 11.5 Å².